The van der Waals surface area contributed by atoms with Gasteiger partial charge >= 0.3 is 0 Å². The van der Waals surface area contributed by atoms with E-state index in [0.717, 1.165) is 11.1 Å². The molecule has 0 aromatic heterocycles. The van der Waals surface area contributed by atoms with Crippen LogP contribution in [0.15, 0.2) is 42.5 Å². The number of rotatable bonds is 5. The number of nitrogens with zero attached hydrogens (tertiary/aromatic N) is 1. The largest absolute Gasteiger partial charge is 0.337 e. The standard InChI is InChI=1S/C15H22N2O/c1-5-17(11-12(2)3)14(18)15(4,16)13-9-7-6-8-10-13/h6-10H,2,5,11,16H2,1,3-4H3. The third-order valence-electron chi connectivity index (χ3n) is 2.95. The van der Waals surface area contributed by atoms with Crippen molar-refractivity contribution in [3.05, 3.63) is 48.0 Å². The molecule has 1 unspecified atom stereocenters. The van der Waals surface area contributed by atoms with Gasteiger partial charge < -0.3 is 10.6 Å². The molecule has 0 spiro atoms. The average molecular weight is 246 g/mol. The van der Waals surface area contributed by atoms with Gasteiger partial charge in [0.1, 0.15) is 5.54 Å². The Morgan fingerprint density at radius 2 is 1.94 bits per heavy atom. The predicted molar refractivity (Wildman–Crippen MR) is 75.0 cm³/mol. The van der Waals surface area contributed by atoms with Gasteiger partial charge in [0.2, 0.25) is 5.91 Å². The number of benzene rings is 1. The van der Waals surface area contributed by atoms with E-state index in [-0.39, 0.29) is 5.91 Å². The van der Waals surface area contributed by atoms with Gasteiger partial charge in [-0.2, -0.15) is 0 Å². The Balaban J connectivity index is 2.97. The third-order valence-corrected chi connectivity index (χ3v) is 2.95. The van der Waals surface area contributed by atoms with Crippen LogP contribution < -0.4 is 5.73 Å². The highest BCUT2D eigenvalue weighted by Crippen LogP contribution is 2.20. The van der Waals surface area contributed by atoms with E-state index in [0.29, 0.717) is 13.1 Å². The van der Waals surface area contributed by atoms with E-state index in [1.165, 1.54) is 0 Å². The molecule has 18 heavy (non-hydrogen) atoms. The van der Waals surface area contributed by atoms with Crippen LogP contribution >= 0.6 is 0 Å². The van der Waals surface area contributed by atoms with Crippen molar-refractivity contribution in [3.63, 3.8) is 0 Å². The van der Waals surface area contributed by atoms with Crippen molar-refractivity contribution in [1.82, 2.24) is 4.90 Å². The van der Waals surface area contributed by atoms with Crippen LogP contribution in [0.2, 0.25) is 0 Å². The maximum Gasteiger partial charge on any atom is 0.247 e. The molecule has 0 aliphatic carbocycles. The zero-order valence-electron chi connectivity index (χ0n) is 11.4. The molecule has 0 saturated carbocycles. The number of hydrogen-bond donors (Lipinski definition) is 1. The van der Waals surface area contributed by atoms with Crippen LogP contribution in [0.5, 0.6) is 0 Å². The lowest BCUT2D eigenvalue weighted by molar-refractivity contribution is -0.136. The minimum absolute atomic E-state index is 0.0702. The SMILES string of the molecule is C=C(C)CN(CC)C(=O)C(C)(N)c1ccccc1. The molecule has 1 amide bonds. The van der Waals surface area contributed by atoms with Crippen molar-refractivity contribution in [1.29, 1.82) is 0 Å². The summed E-state index contributed by atoms with van der Waals surface area (Å²) in [6.07, 6.45) is 0. The van der Waals surface area contributed by atoms with E-state index >= 15 is 0 Å². The van der Waals surface area contributed by atoms with Gasteiger partial charge in [0.15, 0.2) is 0 Å². The lowest BCUT2D eigenvalue weighted by Gasteiger charge is -2.31. The van der Waals surface area contributed by atoms with Gasteiger partial charge in [0.05, 0.1) is 0 Å². The van der Waals surface area contributed by atoms with Crippen LogP contribution in [0.4, 0.5) is 0 Å². The van der Waals surface area contributed by atoms with Crippen molar-refractivity contribution in [3.8, 4) is 0 Å². The summed E-state index contributed by atoms with van der Waals surface area (Å²) in [6.45, 7) is 10.6. The van der Waals surface area contributed by atoms with E-state index in [4.69, 9.17) is 5.73 Å². The minimum atomic E-state index is -0.993. The molecule has 1 aromatic carbocycles. The molecule has 0 fully saturated rings. The summed E-state index contributed by atoms with van der Waals surface area (Å²) in [5, 5.41) is 0. The highest BCUT2D eigenvalue weighted by Gasteiger charge is 2.33. The molecule has 1 rings (SSSR count). The molecule has 0 aliphatic rings. The second-order valence-electron chi connectivity index (χ2n) is 4.84. The summed E-state index contributed by atoms with van der Waals surface area (Å²) < 4.78 is 0. The summed E-state index contributed by atoms with van der Waals surface area (Å²) in [7, 11) is 0. The van der Waals surface area contributed by atoms with E-state index in [9.17, 15) is 4.79 Å². The Morgan fingerprint density at radius 1 is 1.39 bits per heavy atom. The predicted octanol–water partition coefficient (Wildman–Crippen LogP) is 2.29. The maximum absolute atomic E-state index is 12.5. The van der Waals surface area contributed by atoms with Gasteiger partial charge in [0.25, 0.3) is 0 Å². The number of carbonyl (C=O) groups excluding carboxylic acids is 1. The van der Waals surface area contributed by atoms with E-state index in [1.54, 1.807) is 11.8 Å². The maximum atomic E-state index is 12.5. The van der Waals surface area contributed by atoms with Crippen LogP contribution in [0.3, 0.4) is 0 Å². The molecule has 0 saturated heterocycles. The van der Waals surface area contributed by atoms with E-state index < -0.39 is 5.54 Å². The molecule has 3 nitrogen and oxygen atoms in total. The summed E-state index contributed by atoms with van der Waals surface area (Å²) in [4.78, 5) is 14.2. The zero-order chi connectivity index (χ0) is 13.8. The Kier molecular flexibility index (Phi) is 4.68. The van der Waals surface area contributed by atoms with Crippen LogP contribution in [-0.2, 0) is 10.3 Å². The first-order valence-corrected chi connectivity index (χ1v) is 6.17. The van der Waals surface area contributed by atoms with Crippen LogP contribution in [0.1, 0.15) is 26.3 Å². The van der Waals surface area contributed by atoms with Gasteiger partial charge in [-0.25, -0.2) is 0 Å². The van der Waals surface area contributed by atoms with E-state index in [2.05, 4.69) is 6.58 Å². The Bertz CT molecular complexity index is 423. The summed E-state index contributed by atoms with van der Waals surface area (Å²) in [6, 6.07) is 9.46. The molecule has 1 aromatic rings. The molecule has 0 radical (unpaired) electrons. The Hall–Kier alpha value is -1.61. The monoisotopic (exact) mass is 246 g/mol. The number of carbonyl (C=O) groups is 1. The molecule has 1 atom stereocenters. The fraction of sp³-hybridized carbons (Fsp3) is 0.400. The van der Waals surface area contributed by atoms with Gasteiger partial charge in [0, 0.05) is 13.1 Å². The molecule has 98 valence electrons. The molecular formula is C15H22N2O. The van der Waals surface area contributed by atoms with Gasteiger partial charge in [-0.05, 0) is 26.3 Å². The molecule has 0 heterocycles. The quantitative estimate of drug-likeness (QED) is 0.810. The molecule has 0 aliphatic heterocycles. The summed E-state index contributed by atoms with van der Waals surface area (Å²) in [5.74, 6) is -0.0702. The first kappa shape index (κ1) is 14.5. The lowest BCUT2D eigenvalue weighted by atomic mass is 9.91. The molecule has 3 heteroatoms. The number of nitrogens with two attached hydrogens (primary N) is 1. The number of hydrogen-bond acceptors (Lipinski definition) is 2. The Morgan fingerprint density at radius 3 is 2.39 bits per heavy atom. The molecule has 2 N–H and O–H groups in total. The number of likely N-dealkylation sites (N-methyl/N-ethyl adjacent to an activating group) is 1. The highest BCUT2D eigenvalue weighted by atomic mass is 16.2. The Labute approximate surface area is 109 Å². The minimum Gasteiger partial charge on any atom is -0.337 e. The third kappa shape index (κ3) is 3.20. The fourth-order valence-corrected chi connectivity index (χ4v) is 1.89. The first-order valence-electron chi connectivity index (χ1n) is 6.17. The topological polar surface area (TPSA) is 46.3 Å². The zero-order valence-corrected chi connectivity index (χ0v) is 11.4. The van der Waals surface area contributed by atoms with Crippen molar-refractivity contribution in [2.45, 2.75) is 26.3 Å². The second-order valence-corrected chi connectivity index (χ2v) is 4.84. The van der Waals surface area contributed by atoms with Crippen molar-refractivity contribution in [2.24, 2.45) is 5.73 Å². The smallest absolute Gasteiger partial charge is 0.247 e. The normalized spacial score (nSPS) is 13.8. The number of amides is 1. The first-order chi connectivity index (χ1) is 8.39. The van der Waals surface area contributed by atoms with Crippen LogP contribution in [-0.4, -0.2) is 23.9 Å². The highest BCUT2D eigenvalue weighted by molar-refractivity contribution is 5.87. The fourth-order valence-electron chi connectivity index (χ4n) is 1.89. The summed E-state index contributed by atoms with van der Waals surface area (Å²) in [5.41, 5.74) is 7.00. The van der Waals surface area contributed by atoms with Crippen molar-refractivity contribution in [2.75, 3.05) is 13.1 Å². The molecular weight excluding hydrogens is 224 g/mol. The van der Waals surface area contributed by atoms with Crippen molar-refractivity contribution < 1.29 is 4.79 Å². The van der Waals surface area contributed by atoms with Gasteiger partial charge in [-0.3, -0.25) is 4.79 Å². The van der Waals surface area contributed by atoms with Crippen LogP contribution in [0, 0.1) is 0 Å². The average Bonchev–Trinajstić information content (AvgIpc) is 2.36. The summed E-state index contributed by atoms with van der Waals surface area (Å²) >= 11 is 0. The van der Waals surface area contributed by atoms with Crippen molar-refractivity contribution >= 4 is 5.91 Å². The van der Waals surface area contributed by atoms with Gasteiger partial charge in [-0.1, -0.05) is 42.5 Å². The van der Waals surface area contributed by atoms with Gasteiger partial charge in [-0.15, -0.1) is 0 Å². The van der Waals surface area contributed by atoms with E-state index in [1.807, 2.05) is 44.2 Å². The molecule has 0 bridgehead atoms. The lowest BCUT2D eigenvalue weighted by Crippen LogP contribution is -2.51. The van der Waals surface area contributed by atoms with Crippen LogP contribution in [0.25, 0.3) is 0 Å². The second kappa shape index (κ2) is 5.83.